The summed E-state index contributed by atoms with van der Waals surface area (Å²) in [4.78, 5) is 21.9. The highest BCUT2D eigenvalue weighted by atomic mass is 16.4. The van der Waals surface area contributed by atoms with Crippen molar-refractivity contribution < 1.29 is 9.90 Å². The Morgan fingerprint density at radius 1 is 1.44 bits per heavy atom. The van der Waals surface area contributed by atoms with Gasteiger partial charge in [0.2, 0.25) is 0 Å². The third kappa shape index (κ3) is 2.05. The zero-order valence-electron chi connectivity index (χ0n) is 10.4. The van der Waals surface area contributed by atoms with Crippen molar-refractivity contribution in [3.05, 3.63) is 18.1 Å². The van der Waals surface area contributed by atoms with Gasteiger partial charge in [0.25, 0.3) is 0 Å². The first-order valence-corrected chi connectivity index (χ1v) is 6.42. The first kappa shape index (κ1) is 11.4. The van der Waals surface area contributed by atoms with Crippen molar-refractivity contribution in [3.8, 4) is 0 Å². The molecule has 5 heteroatoms. The summed E-state index contributed by atoms with van der Waals surface area (Å²) in [6, 6.07) is 1.86. The van der Waals surface area contributed by atoms with Gasteiger partial charge in [-0.2, -0.15) is 0 Å². The van der Waals surface area contributed by atoms with Gasteiger partial charge in [-0.15, -0.1) is 0 Å². The summed E-state index contributed by atoms with van der Waals surface area (Å²) in [5.41, 5.74) is 0. The Hall–Kier alpha value is -1.65. The maximum absolute atomic E-state index is 11.3. The van der Waals surface area contributed by atoms with Gasteiger partial charge in [0.05, 0.1) is 5.92 Å². The van der Waals surface area contributed by atoms with E-state index in [1.54, 1.807) is 6.20 Å². The predicted octanol–water partition coefficient (Wildman–Crippen LogP) is 1.33. The van der Waals surface area contributed by atoms with Crippen molar-refractivity contribution in [3.63, 3.8) is 0 Å². The molecule has 0 bridgehead atoms. The van der Waals surface area contributed by atoms with E-state index in [-0.39, 0.29) is 11.8 Å². The molecule has 0 aromatic carbocycles. The molecular weight excluding hydrogens is 230 g/mol. The molecule has 3 rings (SSSR count). The van der Waals surface area contributed by atoms with Crippen LogP contribution in [0.3, 0.4) is 0 Å². The molecule has 0 radical (unpaired) electrons. The number of hydrogen-bond donors (Lipinski definition) is 1. The second kappa shape index (κ2) is 4.23. The Balaban J connectivity index is 1.81. The summed E-state index contributed by atoms with van der Waals surface area (Å²) in [5, 5.41) is 9.32. The molecule has 0 amide bonds. The summed E-state index contributed by atoms with van der Waals surface area (Å²) in [7, 11) is 0. The lowest BCUT2D eigenvalue weighted by Gasteiger charge is -2.17. The topological polar surface area (TPSA) is 66.3 Å². The van der Waals surface area contributed by atoms with Crippen LogP contribution in [0.1, 0.15) is 18.7 Å². The lowest BCUT2D eigenvalue weighted by Crippen LogP contribution is -2.24. The van der Waals surface area contributed by atoms with Crippen molar-refractivity contribution in [2.24, 2.45) is 17.8 Å². The number of carbonyl (C=O) groups is 1. The maximum atomic E-state index is 11.3. The molecule has 1 aromatic heterocycles. The van der Waals surface area contributed by atoms with E-state index >= 15 is 0 Å². The van der Waals surface area contributed by atoms with Crippen LogP contribution in [0.5, 0.6) is 0 Å². The third-order valence-electron chi connectivity index (χ3n) is 4.00. The van der Waals surface area contributed by atoms with Gasteiger partial charge in [0, 0.05) is 19.3 Å². The van der Waals surface area contributed by atoms with Crippen LogP contribution >= 0.6 is 0 Å². The number of carboxylic acid groups (broad SMARTS) is 1. The van der Waals surface area contributed by atoms with E-state index in [1.807, 2.05) is 13.0 Å². The van der Waals surface area contributed by atoms with E-state index < -0.39 is 5.97 Å². The first-order chi connectivity index (χ1) is 8.65. The van der Waals surface area contributed by atoms with Gasteiger partial charge in [0.1, 0.15) is 11.6 Å². The summed E-state index contributed by atoms with van der Waals surface area (Å²) >= 11 is 0. The molecule has 2 heterocycles. The molecule has 18 heavy (non-hydrogen) atoms. The van der Waals surface area contributed by atoms with Crippen molar-refractivity contribution in [1.29, 1.82) is 0 Å². The fourth-order valence-electron chi connectivity index (χ4n) is 2.90. The Morgan fingerprint density at radius 3 is 2.83 bits per heavy atom. The number of carboxylic acids is 1. The van der Waals surface area contributed by atoms with Gasteiger partial charge in [-0.1, -0.05) is 0 Å². The minimum Gasteiger partial charge on any atom is -0.481 e. The molecule has 1 aliphatic heterocycles. The second-order valence-corrected chi connectivity index (χ2v) is 5.31. The normalized spacial score (nSPS) is 27.5. The van der Waals surface area contributed by atoms with E-state index in [2.05, 4.69) is 14.9 Å². The molecule has 1 aliphatic carbocycles. The van der Waals surface area contributed by atoms with Crippen LogP contribution in [0.25, 0.3) is 0 Å². The van der Waals surface area contributed by atoms with E-state index in [0.29, 0.717) is 12.5 Å². The minimum atomic E-state index is -0.667. The van der Waals surface area contributed by atoms with Crippen LogP contribution in [0, 0.1) is 24.7 Å². The smallest absolute Gasteiger partial charge is 0.308 e. The second-order valence-electron chi connectivity index (χ2n) is 5.31. The quantitative estimate of drug-likeness (QED) is 0.873. The van der Waals surface area contributed by atoms with Gasteiger partial charge in [0.15, 0.2) is 0 Å². The van der Waals surface area contributed by atoms with Crippen LogP contribution < -0.4 is 4.90 Å². The molecule has 0 unspecified atom stereocenters. The van der Waals surface area contributed by atoms with Gasteiger partial charge in [-0.3, -0.25) is 4.79 Å². The molecule has 0 spiro atoms. The molecule has 2 aliphatic rings. The molecule has 2 fully saturated rings. The van der Waals surface area contributed by atoms with Crippen LogP contribution in [-0.4, -0.2) is 34.1 Å². The average Bonchev–Trinajstić information content (AvgIpc) is 3.07. The largest absolute Gasteiger partial charge is 0.481 e. The SMILES string of the molecule is Cc1nccc(N2C[C@H](C(=O)O)[C@@H](C3CC3)C2)n1. The van der Waals surface area contributed by atoms with E-state index in [4.69, 9.17) is 0 Å². The number of rotatable bonds is 3. The molecule has 1 N–H and O–H groups in total. The van der Waals surface area contributed by atoms with Crippen LogP contribution in [0.15, 0.2) is 12.3 Å². The molecule has 1 aromatic rings. The number of aliphatic carboxylic acids is 1. The Kier molecular flexibility index (Phi) is 2.69. The standard InChI is InChI=1S/C13H17N3O2/c1-8-14-5-4-12(15-8)16-6-10(9-2-3-9)11(7-16)13(17)18/h4-5,9-11H,2-3,6-7H2,1H3,(H,17,18)/t10-,11+/m1/s1. The Labute approximate surface area is 106 Å². The van der Waals surface area contributed by atoms with Gasteiger partial charge in [-0.25, -0.2) is 9.97 Å². The number of hydrogen-bond acceptors (Lipinski definition) is 4. The van der Waals surface area contributed by atoms with Gasteiger partial charge >= 0.3 is 5.97 Å². The van der Waals surface area contributed by atoms with Crippen molar-refractivity contribution >= 4 is 11.8 Å². The molecule has 5 nitrogen and oxygen atoms in total. The number of aryl methyl sites for hydroxylation is 1. The minimum absolute atomic E-state index is 0.243. The average molecular weight is 247 g/mol. The van der Waals surface area contributed by atoms with Crippen LogP contribution in [0.2, 0.25) is 0 Å². The van der Waals surface area contributed by atoms with Gasteiger partial charge < -0.3 is 10.0 Å². The fraction of sp³-hybridized carbons (Fsp3) is 0.615. The van der Waals surface area contributed by atoms with E-state index in [9.17, 15) is 9.90 Å². The summed E-state index contributed by atoms with van der Waals surface area (Å²) in [5.74, 6) is 1.58. The highest BCUT2D eigenvalue weighted by molar-refractivity contribution is 5.72. The summed E-state index contributed by atoms with van der Waals surface area (Å²) in [6.45, 7) is 3.25. The zero-order valence-corrected chi connectivity index (χ0v) is 10.4. The first-order valence-electron chi connectivity index (χ1n) is 6.42. The van der Waals surface area contributed by atoms with Gasteiger partial charge in [-0.05, 0) is 37.7 Å². The predicted molar refractivity (Wildman–Crippen MR) is 66.3 cm³/mol. The highest BCUT2D eigenvalue weighted by Crippen LogP contribution is 2.44. The fourth-order valence-corrected chi connectivity index (χ4v) is 2.90. The molecule has 1 saturated heterocycles. The molecule has 2 atom stereocenters. The monoisotopic (exact) mass is 247 g/mol. The van der Waals surface area contributed by atoms with Crippen molar-refractivity contribution in [2.45, 2.75) is 19.8 Å². The summed E-state index contributed by atoms with van der Waals surface area (Å²) < 4.78 is 0. The zero-order chi connectivity index (χ0) is 12.7. The number of anilines is 1. The van der Waals surface area contributed by atoms with Crippen molar-refractivity contribution in [2.75, 3.05) is 18.0 Å². The van der Waals surface area contributed by atoms with E-state index in [0.717, 1.165) is 18.2 Å². The number of aromatic nitrogens is 2. The maximum Gasteiger partial charge on any atom is 0.308 e. The summed E-state index contributed by atoms with van der Waals surface area (Å²) in [6.07, 6.45) is 4.11. The lowest BCUT2D eigenvalue weighted by atomic mass is 9.92. The Bertz CT molecular complexity index is 473. The highest BCUT2D eigenvalue weighted by Gasteiger charge is 2.45. The Morgan fingerprint density at radius 2 is 2.22 bits per heavy atom. The van der Waals surface area contributed by atoms with Crippen LogP contribution in [-0.2, 0) is 4.79 Å². The third-order valence-corrected chi connectivity index (χ3v) is 4.00. The van der Waals surface area contributed by atoms with Crippen LogP contribution in [0.4, 0.5) is 5.82 Å². The lowest BCUT2D eigenvalue weighted by molar-refractivity contribution is -0.142. The molecule has 96 valence electrons. The number of nitrogens with zero attached hydrogens (tertiary/aromatic N) is 3. The van der Waals surface area contributed by atoms with Crippen molar-refractivity contribution in [1.82, 2.24) is 9.97 Å². The van der Waals surface area contributed by atoms with E-state index in [1.165, 1.54) is 12.8 Å². The molecular formula is C13H17N3O2. The molecule has 1 saturated carbocycles.